The minimum atomic E-state index is -0.537. The van der Waals surface area contributed by atoms with Gasteiger partial charge in [0.2, 0.25) is 5.91 Å². The summed E-state index contributed by atoms with van der Waals surface area (Å²) >= 11 is 0. The van der Waals surface area contributed by atoms with Crippen molar-refractivity contribution in [1.82, 2.24) is 5.06 Å². The second kappa shape index (κ2) is 5.99. The summed E-state index contributed by atoms with van der Waals surface area (Å²) in [6.45, 7) is 0.602. The minimum Gasteiger partial charge on any atom is -0.366 e. The Bertz CT molecular complexity index is 700. The molecule has 1 fully saturated rings. The molecule has 1 atom stereocenters. The SMILES string of the molecule is NC(=O)c1ccccc1[C@@H]1CON(Cc2ccccc2)C1=O. The first kappa shape index (κ1) is 14.3. The average Bonchev–Trinajstić information content (AvgIpc) is 2.89. The van der Waals surface area contributed by atoms with Crippen LogP contribution < -0.4 is 5.73 Å². The third kappa shape index (κ3) is 2.71. The summed E-state index contributed by atoms with van der Waals surface area (Å²) in [7, 11) is 0. The quantitative estimate of drug-likeness (QED) is 0.935. The van der Waals surface area contributed by atoms with Gasteiger partial charge in [-0.05, 0) is 17.2 Å². The number of hydrogen-bond acceptors (Lipinski definition) is 3. The summed E-state index contributed by atoms with van der Waals surface area (Å²) in [5.74, 6) is -1.19. The minimum absolute atomic E-state index is 0.155. The van der Waals surface area contributed by atoms with Gasteiger partial charge >= 0.3 is 0 Å². The van der Waals surface area contributed by atoms with Crippen molar-refractivity contribution in [2.24, 2.45) is 5.73 Å². The third-order valence-corrected chi connectivity index (χ3v) is 3.71. The van der Waals surface area contributed by atoms with E-state index in [9.17, 15) is 9.59 Å². The van der Waals surface area contributed by atoms with Crippen molar-refractivity contribution in [3.8, 4) is 0 Å². The zero-order valence-electron chi connectivity index (χ0n) is 11.9. The number of hydroxylamine groups is 2. The second-order valence-electron chi connectivity index (χ2n) is 5.16. The highest BCUT2D eigenvalue weighted by molar-refractivity contribution is 5.97. The molecule has 112 valence electrons. The molecule has 1 heterocycles. The van der Waals surface area contributed by atoms with Crippen LogP contribution in [0.5, 0.6) is 0 Å². The molecule has 1 aliphatic rings. The van der Waals surface area contributed by atoms with Gasteiger partial charge in [0, 0.05) is 5.56 Å². The Morgan fingerprint density at radius 1 is 1.14 bits per heavy atom. The van der Waals surface area contributed by atoms with Gasteiger partial charge in [-0.15, -0.1) is 0 Å². The average molecular weight is 296 g/mol. The van der Waals surface area contributed by atoms with E-state index in [2.05, 4.69) is 0 Å². The summed E-state index contributed by atoms with van der Waals surface area (Å²) < 4.78 is 0. The van der Waals surface area contributed by atoms with Gasteiger partial charge in [0.05, 0.1) is 19.1 Å². The van der Waals surface area contributed by atoms with Gasteiger partial charge in [0.15, 0.2) is 0 Å². The van der Waals surface area contributed by atoms with Crippen molar-refractivity contribution in [1.29, 1.82) is 0 Å². The molecule has 1 aliphatic heterocycles. The first-order valence-corrected chi connectivity index (χ1v) is 7.04. The maximum atomic E-state index is 12.5. The zero-order valence-corrected chi connectivity index (χ0v) is 11.9. The molecular weight excluding hydrogens is 280 g/mol. The monoisotopic (exact) mass is 296 g/mol. The Hall–Kier alpha value is -2.66. The van der Waals surface area contributed by atoms with Gasteiger partial charge < -0.3 is 5.73 Å². The first-order valence-electron chi connectivity index (χ1n) is 7.04. The molecular formula is C17H16N2O3. The van der Waals surface area contributed by atoms with Crippen LogP contribution >= 0.6 is 0 Å². The lowest BCUT2D eigenvalue weighted by Gasteiger charge is -2.15. The van der Waals surface area contributed by atoms with Crippen LogP contribution in [0.15, 0.2) is 54.6 Å². The largest absolute Gasteiger partial charge is 0.366 e. The molecule has 2 aromatic rings. The summed E-state index contributed by atoms with van der Waals surface area (Å²) in [6.07, 6.45) is 0. The van der Waals surface area contributed by atoms with Crippen molar-refractivity contribution >= 4 is 11.8 Å². The molecule has 0 spiro atoms. The fraction of sp³-hybridized carbons (Fsp3) is 0.176. The second-order valence-corrected chi connectivity index (χ2v) is 5.16. The predicted molar refractivity (Wildman–Crippen MR) is 80.6 cm³/mol. The van der Waals surface area contributed by atoms with E-state index < -0.39 is 11.8 Å². The number of nitrogens with zero attached hydrogens (tertiary/aromatic N) is 1. The number of nitrogens with two attached hydrogens (primary N) is 1. The maximum Gasteiger partial charge on any atom is 0.256 e. The highest BCUT2D eigenvalue weighted by Crippen LogP contribution is 2.29. The van der Waals surface area contributed by atoms with E-state index in [4.69, 9.17) is 10.6 Å². The van der Waals surface area contributed by atoms with Crippen LogP contribution in [-0.2, 0) is 16.2 Å². The Morgan fingerprint density at radius 2 is 1.82 bits per heavy atom. The number of amides is 2. The zero-order chi connectivity index (χ0) is 15.5. The number of carbonyl (C=O) groups is 2. The summed E-state index contributed by atoms with van der Waals surface area (Å²) in [6, 6.07) is 16.5. The van der Waals surface area contributed by atoms with Gasteiger partial charge in [-0.3, -0.25) is 14.4 Å². The molecule has 5 heteroatoms. The molecule has 0 radical (unpaired) electrons. The van der Waals surface area contributed by atoms with E-state index in [-0.39, 0.29) is 12.5 Å². The normalized spacial score (nSPS) is 17.7. The lowest BCUT2D eigenvalue weighted by atomic mass is 9.94. The number of rotatable bonds is 4. The van der Waals surface area contributed by atoms with Crippen LogP contribution in [0.1, 0.15) is 27.4 Å². The van der Waals surface area contributed by atoms with Crippen LogP contribution in [-0.4, -0.2) is 23.5 Å². The highest BCUT2D eigenvalue weighted by atomic mass is 16.7. The number of carbonyl (C=O) groups excluding carboxylic acids is 2. The van der Waals surface area contributed by atoms with Crippen molar-refractivity contribution < 1.29 is 14.4 Å². The van der Waals surface area contributed by atoms with Gasteiger partial charge in [0.25, 0.3) is 5.91 Å². The van der Waals surface area contributed by atoms with Crippen molar-refractivity contribution in [2.75, 3.05) is 6.61 Å². The van der Waals surface area contributed by atoms with Crippen molar-refractivity contribution in [3.63, 3.8) is 0 Å². The topological polar surface area (TPSA) is 72.6 Å². The lowest BCUT2D eigenvalue weighted by Crippen LogP contribution is -2.26. The summed E-state index contributed by atoms with van der Waals surface area (Å²) in [5, 5.41) is 1.35. The smallest absolute Gasteiger partial charge is 0.256 e. The van der Waals surface area contributed by atoms with E-state index in [1.54, 1.807) is 24.3 Å². The molecule has 2 N–H and O–H groups in total. The van der Waals surface area contributed by atoms with Crippen LogP contribution in [0.3, 0.4) is 0 Å². The molecule has 2 aromatic carbocycles. The van der Waals surface area contributed by atoms with Crippen LogP contribution in [0, 0.1) is 0 Å². The van der Waals surface area contributed by atoms with Gasteiger partial charge in [-0.1, -0.05) is 48.5 Å². The van der Waals surface area contributed by atoms with Crippen LogP contribution in [0.2, 0.25) is 0 Å². The Morgan fingerprint density at radius 3 is 2.55 bits per heavy atom. The van der Waals surface area contributed by atoms with Crippen LogP contribution in [0.25, 0.3) is 0 Å². The Labute approximate surface area is 128 Å². The molecule has 22 heavy (non-hydrogen) atoms. The highest BCUT2D eigenvalue weighted by Gasteiger charge is 2.36. The van der Waals surface area contributed by atoms with E-state index in [0.29, 0.717) is 17.7 Å². The van der Waals surface area contributed by atoms with E-state index in [1.807, 2.05) is 30.3 Å². The fourth-order valence-electron chi connectivity index (χ4n) is 2.59. The molecule has 5 nitrogen and oxygen atoms in total. The van der Waals surface area contributed by atoms with Gasteiger partial charge in [-0.25, -0.2) is 5.06 Å². The predicted octanol–water partition coefficient (Wildman–Crippen LogP) is 1.84. The first-order chi connectivity index (χ1) is 10.7. The lowest BCUT2D eigenvalue weighted by molar-refractivity contribution is -0.164. The summed E-state index contributed by atoms with van der Waals surface area (Å²) in [4.78, 5) is 29.6. The number of primary amides is 1. The van der Waals surface area contributed by atoms with E-state index >= 15 is 0 Å². The molecule has 0 unspecified atom stereocenters. The molecule has 0 bridgehead atoms. The molecule has 2 amide bonds. The molecule has 0 aromatic heterocycles. The maximum absolute atomic E-state index is 12.5. The van der Waals surface area contributed by atoms with Gasteiger partial charge in [-0.2, -0.15) is 0 Å². The van der Waals surface area contributed by atoms with E-state index in [1.165, 1.54) is 5.06 Å². The van der Waals surface area contributed by atoms with E-state index in [0.717, 1.165) is 5.56 Å². The standard InChI is InChI=1S/C17H16N2O3/c18-16(20)14-9-5-4-8-13(14)15-11-22-19(17(15)21)10-12-6-2-1-3-7-12/h1-9,15H,10-11H2,(H2,18,20)/t15-/m0/s1. The third-order valence-electron chi connectivity index (χ3n) is 3.71. The van der Waals surface area contributed by atoms with Crippen molar-refractivity contribution in [2.45, 2.75) is 12.5 Å². The molecule has 3 rings (SSSR count). The summed E-state index contributed by atoms with van der Waals surface area (Å²) in [5.41, 5.74) is 7.35. The molecule has 0 saturated carbocycles. The Kier molecular flexibility index (Phi) is 3.89. The molecule has 1 saturated heterocycles. The van der Waals surface area contributed by atoms with Crippen molar-refractivity contribution in [3.05, 3.63) is 71.3 Å². The number of hydrogen-bond donors (Lipinski definition) is 1. The molecule has 0 aliphatic carbocycles. The fourth-order valence-corrected chi connectivity index (χ4v) is 2.59. The Balaban J connectivity index is 1.81. The number of benzene rings is 2. The van der Waals surface area contributed by atoms with Gasteiger partial charge in [0.1, 0.15) is 0 Å². The van der Waals surface area contributed by atoms with Crippen LogP contribution in [0.4, 0.5) is 0 Å².